The van der Waals surface area contributed by atoms with Gasteiger partial charge in [0.1, 0.15) is 0 Å². The monoisotopic (exact) mass is 577 g/mol. The molecular formula is C30H14CuN10. The third-order valence-electron chi connectivity index (χ3n) is 7.12. The van der Waals surface area contributed by atoms with Crippen LogP contribution in [0.25, 0.3) is 89.7 Å². The molecule has 11 heteroatoms. The second-order valence-electron chi connectivity index (χ2n) is 9.42. The number of rotatable bonds is 0. The van der Waals surface area contributed by atoms with Crippen molar-refractivity contribution < 1.29 is 17.1 Å². The maximum atomic E-state index is 4.92. The Morgan fingerprint density at radius 1 is 0.390 bits per heavy atom. The van der Waals surface area contributed by atoms with Crippen LogP contribution in [0, 0.1) is 0 Å². The molecule has 7 heterocycles. The molecule has 0 saturated heterocycles. The first-order valence-electron chi connectivity index (χ1n) is 12.6. The van der Waals surface area contributed by atoms with Gasteiger partial charge in [0.05, 0.1) is 23.3 Å². The Hall–Kier alpha value is -5.38. The molecule has 2 aromatic carbocycles. The fourth-order valence-electron chi connectivity index (χ4n) is 5.25. The molecule has 0 atom stereocenters. The molecule has 0 aliphatic carbocycles. The molecule has 9 rings (SSSR count). The SMILES string of the molecule is [Cu+2].c1ccc2c(c1)-c1nc-2nc2[n-]c(nc3nc(nc4[n-]c(n1)c1ccccc41)-c1cnccc1-3)c1ccncc21. The van der Waals surface area contributed by atoms with Crippen LogP contribution >= 0.6 is 0 Å². The van der Waals surface area contributed by atoms with Crippen molar-refractivity contribution in [2.75, 3.05) is 0 Å². The van der Waals surface area contributed by atoms with E-state index in [1.165, 1.54) is 0 Å². The summed E-state index contributed by atoms with van der Waals surface area (Å²) >= 11 is 0. The first-order chi connectivity index (χ1) is 19.8. The van der Waals surface area contributed by atoms with E-state index in [2.05, 4.69) is 9.97 Å². The summed E-state index contributed by atoms with van der Waals surface area (Å²) in [5, 5.41) is 3.32. The molecular weight excluding hydrogens is 564 g/mol. The Bertz CT molecular complexity index is 2040. The van der Waals surface area contributed by atoms with E-state index >= 15 is 0 Å². The van der Waals surface area contributed by atoms with Crippen LogP contribution in [0.1, 0.15) is 0 Å². The molecule has 0 saturated carbocycles. The van der Waals surface area contributed by atoms with Gasteiger partial charge in [-0.15, -0.1) is 0 Å². The van der Waals surface area contributed by atoms with Crippen molar-refractivity contribution in [3.63, 3.8) is 0 Å². The number of aromatic nitrogens is 10. The van der Waals surface area contributed by atoms with Crippen molar-refractivity contribution in [1.29, 1.82) is 0 Å². The Morgan fingerprint density at radius 3 is 1.44 bits per heavy atom. The van der Waals surface area contributed by atoms with E-state index in [0.29, 0.717) is 45.9 Å². The summed E-state index contributed by atoms with van der Waals surface area (Å²) in [6.07, 6.45) is 6.92. The maximum Gasteiger partial charge on any atom is 2.00 e. The van der Waals surface area contributed by atoms with Gasteiger partial charge in [-0.2, -0.15) is 0 Å². The molecule has 2 aliphatic heterocycles. The second kappa shape index (κ2) is 8.82. The fourth-order valence-corrected chi connectivity index (χ4v) is 5.25. The quantitative estimate of drug-likeness (QED) is 0.229. The molecule has 2 aliphatic rings. The predicted octanol–water partition coefficient (Wildman–Crippen LogP) is 4.91. The minimum atomic E-state index is 0. The summed E-state index contributed by atoms with van der Waals surface area (Å²) in [7, 11) is 0. The van der Waals surface area contributed by atoms with Crippen LogP contribution in [0.3, 0.4) is 0 Å². The average Bonchev–Trinajstić information content (AvgIpc) is 3.73. The van der Waals surface area contributed by atoms with Gasteiger partial charge in [0.25, 0.3) is 0 Å². The van der Waals surface area contributed by atoms with Crippen LogP contribution in [0.15, 0.2) is 85.5 Å². The summed E-state index contributed by atoms with van der Waals surface area (Å²) in [6, 6.07) is 19.5. The summed E-state index contributed by atoms with van der Waals surface area (Å²) in [6.45, 7) is 0. The van der Waals surface area contributed by atoms with E-state index in [0.717, 1.165) is 43.8 Å². The number of hydrogen-bond acceptors (Lipinski definition) is 8. The van der Waals surface area contributed by atoms with Crippen LogP contribution in [-0.4, -0.2) is 39.9 Å². The summed E-state index contributed by atoms with van der Waals surface area (Å²) < 4.78 is 0. The van der Waals surface area contributed by atoms with Crippen LogP contribution in [0.5, 0.6) is 0 Å². The number of nitrogens with zero attached hydrogens (tertiary/aromatic N) is 10. The summed E-state index contributed by atoms with van der Waals surface area (Å²) in [5.74, 6) is 2.01. The van der Waals surface area contributed by atoms with Gasteiger partial charge in [0, 0.05) is 75.0 Å². The van der Waals surface area contributed by atoms with E-state index in [-0.39, 0.29) is 17.1 Å². The van der Waals surface area contributed by atoms with Crippen molar-refractivity contribution in [2.45, 2.75) is 0 Å². The van der Waals surface area contributed by atoms with Gasteiger partial charge in [-0.25, -0.2) is 9.97 Å². The van der Waals surface area contributed by atoms with Gasteiger partial charge in [-0.1, -0.05) is 48.5 Å². The van der Waals surface area contributed by atoms with Gasteiger partial charge < -0.3 is 29.9 Å². The van der Waals surface area contributed by atoms with Gasteiger partial charge in [0.2, 0.25) is 0 Å². The van der Waals surface area contributed by atoms with Crippen molar-refractivity contribution in [2.24, 2.45) is 0 Å². The van der Waals surface area contributed by atoms with Gasteiger partial charge in [-0.05, 0) is 28.3 Å². The molecule has 0 spiro atoms. The molecule has 5 aromatic heterocycles. The number of benzene rings is 2. The van der Waals surface area contributed by atoms with E-state index in [4.69, 9.17) is 39.9 Å². The van der Waals surface area contributed by atoms with Gasteiger partial charge >= 0.3 is 17.1 Å². The average molecular weight is 578 g/mol. The second-order valence-corrected chi connectivity index (χ2v) is 9.42. The zero-order chi connectivity index (χ0) is 26.2. The normalized spacial score (nSPS) is 11.7. The van der Waals surface area contributed by atoms with Crippen LogP contribution in [-0.2, 0) is 17.1 Å². The predicted molar refractivity (Wildman–Crippen MR) is 150 cm³/mol. The van der Waals surface area contributed by atoms with Crippen LogP contribution in [0.4, 0.5) is 0 Å². The molecule has 41 heavy (non-hydrogen) atoms. The largest absolute Gasteiger partial charge is 2.00 e. The van der Waals surface area contributed by atoms with Gasteiger partial charge in [0.15, 0.2) is 0 Å². The Kier molecular flexibility index (Phi) is 5.05. The number of hydrogen-bond donors (Lipinski definition) is 0. The van der Waals surface area contributed by atoms with Crippen LogP contribution in [0.2, 0.25) is 0 Å². The maximum absolute atomic E-state index is 4.92. The first kappa shape index (κ1) is 23.5. The standard InChI is InChI=1S/C30H14N10.Cu/c1-3-7-17-15(5-1)23-33-24-16-6-2-4-8-18(16)26(35-24)38-30-22-14-32-12-10-20(22)28(40-30)36-27-19-9-11-31-13-21(19)29(39-27)37-25(17)34-23;/h1-14H;/q-2;+2. The van der Waals surface area contributed by atoms with Gasteiger partial charge in [-0.3, -0.25) is 9.97 Å². The fraction of sp³-hybridized carbons (Fsp3) is 0. The molecule has 195 valence electrons. The molecule has 10 nitrogen and oxygen atoms in total. The van der Waals surface area contributed by atoms with Crippen molar-refractivity contribution in [1.82, 2.24) is 49.8 Å². The molecule has 0 N–H and O–H groups in total. The first-order valence-corrected chi connectivity index (χ1v) is 12.6. The number of pyridine rings is 2. The third-order valence-corrected chi connectivity index (χ3v) is 7.12. The van der Waals surface area contributed by atoms with E-state index in [1.807, 2.05) is 60.7 Å². The van der Waals surface area contributed by atoms with Crippen molar-refractivity contribution in [3.05, 3.63) is 85.5 Å². The molecule has 1 radical (unpaired) electrons. The Labute approximate surface area is 241 Å². The van der Waals surface area contributed by atoms with E-state index in [1.54, 1.807) is 24.8 Å². The molecule has 0 fully saturated rings. The van der Waals surface area contributed by atoms with E-state index in [9.17, 15) is 0 Å². The zero-order valence-corrected chi connectivity index (χ0v) is 21.8. The minimum Gasteiger partial charge on any atom is -0.357 e. The van der Waals surface area contributed by atoms with Crippen molar-refractivity contribution in [3.8, 4) is 45.6 Å². The van der Waals surface area contributed by atoms with Crippen molar-refractivity contribution >= 4 is 44.1 Å². The smallest absolute Gasteiger partial charge is 0.357 e. The van der Waals surface area contributed by atoms with Crippen LogP contribution < -0.4 is 9.97 Å². The molecule has 0 amide bonds. The molecule has 7 aromatic rings. The van der Waals surface area contributed by atoms with E-state index < -0.39 is 0 Å². The summed E-state index contributed by atoms with van der Waals surface area (Å²) in [5.41, 5.74) is 5.33. The molecule has 8 bridgehead atoms. The number of fused-ring (bicyclic) bond motifs is 20. The molecule has 0 unspecified atom stereocenters. The zero-order valence-electron chi connectivity index (χ0n) is 20.9. The Morgan fingerprint density at radius 2 is 0.829 bits per heavy atom. The topological polar surface area (TPSA) is 131 Å². The Balaban J connectivity index is 0.00000256. The third kappa shape index (κ3) is 3.50. The minimum absolute atomic E-state index is 0. The summed E-state index contributed by atoms with van der Waals surface area (Å²) in [4.78, 5) is 47.6.